The van der Waals surface area contributed by atoms with Crippen LogP contribution in [0.4, 0.5) is 0 Å². The number of nitrogens with two attached hydrogens (primary N) is 1. The van der Waals surface area contributed by atoms with Crippen LogP contribution in [-0.2, 0) is 20.9 Å². The van der Waals surface area contributed by atoms with E-state index in [4.69, 9.17) is 15.6 Å². The van der Waals surface area contributed by atoms with Crippen LogP contribution in [0, 0.1) is 5.92 Å². The van der Waals surface area contributed by atoms with Gasteiger partial charge in [-0.2, -0.15) is 0 Å². The van der Waals surface area contributed by atoms with Crippen LogP contribution in [-0.4, -0.2) is 28.3 Å². The molecule has 0 heterocycles. The molecule has 0 spiro atoms. The van der Waals surface area contributed by atoms with Crippen molar-refractivity contribution in [3.63, 3.8) is 0 Å². The second-order valence-corrected chi connectivity index (χ2v) is 5.34. The predicted octanol–water partition coefficient (Wildman–Crippen LogP) is 1.49. The maximum atomic E-state index is 12.4. The number of carboxylic acid groups (broad SMARTS) is 1. The van der Waals surface area contributed by atoms with Crippen LogP contribution in [0.2, 0.25) is 0 Å². The van der Waals surface area contributed by atoms with E-state index in [1.165, 1.54) is 0 Å². The number of benzene rings is 2. The van der Waals surface area contributed by atoms with E-state index in [1.54, 1.807) is 54.6 Å². The second-order valence-electron chi connectivity index (χ2n) is 5.34. The smallest absolute Gasteiger partial charge is 0.333 e. The van der Waals surface area contributed by atoms with Crippen LogP contribution < -0.4 is 5.73 Å². The molecule has 6 heteroatoms. The van der Waals surface area contributed by atoms with Crippen LogP contribution in [0.5, 0.6) is 0 Å². The van der Waals surface area contributed by atoms with Gasteiger partial charge >= 0.3 is 11.9 Å². The van der Waals surface area contributed by atoms with Gasteiger partial charge in [0.05, 0.1) is 0 Å². The van der Waals surface area contributed by atoms with E-state index in [2.05, 4.69) is 0 Å². The number of ether oxygens (including phenoxy) is 1. The van der Waals surface area contributed by atoms with E-state index in [0.717, 1.165) is 5.56 Å². The fourth-order valence-electron chi connectivity index (χ4n) is 2.33. The van der Waals surface area contributed by atoms with Gasteiger partial charge in [0.1, 0.15) is 12.5 Å². The SMILES string of the molecule is NC(c1ccccc1)C(C(=O)OCc1ccccc1)C(O)C(=O)O. The van der Waals surface area contributed by atoms with Crippen molar-refractivity contribution in [1.82, 2.24) is 0 Å². The van der Waals surface area contributed by atoms with Gasteiger partial charge in [-0.05, 0) is 11.1 Å². The van der Waals surface area contributed by atoms with E-state index >= 15 is 0 Å². The number of carbonyl (C=O) groups is 2. The van der Waals surface area contributed by atoms with Crippen molar-refractivity contribution in [1.29, 1.82) is 0 Å². The molecule has 0 saturated carbocycles. The molecule has 0 bridgehead atoms. The summed E-state index contributed by atoms with van der Waals surface area (Å²) in [6.45, 7) is -0.0238. The number of aliphatic hydroxyl groups is 1. The summed E-state index contributed by atoms with van der Waals surface area (Å²) in [4.78, 5) is 23.5. The molecule has 2 rings (SSSR count). The average molecular weight is 329 g/mol. The second kappa shape index (κ2) is 8.24. The number of hydrogen-bond donors (Lipinski definition) is 3. The van der Waals surface area contributed by atoms with Crippen LogP contribution in [0.25, 0.3) is 0 Å². The summed E-state index contributed by atoms with van der Waals surface area (Å²) in [6, 6.07) is 16.5. The minimum atomic E-state index is -1.96. The van der Waals surface area contributed by atoms with E-state index in [9.17, 15) is 14.7 Å². The first-order valence-corrected chi connectivity index (χ1v) is 7.42. The molecule has 0 radical (unpaired) electrons. The Bertz CT molecular complexity index is 674. The summed E-state index contributed by atoms with van der Waals surface area (Å²) in [5.41, 5.74) is 7.32. The Labute approximate surface area is 139 Å². The first-order chi connectivity index (χ1) is 11.5. The molecule has 3 unspecified atom stereocenters. The third kappa shape index (κ3) is 4.41. The maximum Gasteiger partial charge on any atom is 0.333 e. The molecule has 0 aliphatic carbocycles. The standard InChI is InChI=1S/C18H19NO5/c19-15(13-9-5-2-6-10-13)14(16(20)17(21)22)18(23)24-11-12-7-3-1-4-8-12/h1-10,14-16,20H,11,19H2,(H,21,22). The summed E-state index contributed by atoms with van der Waals surface area (Å²) in [5, 5.41) is 19.0. The fourth-order valence-corrected chi connectivity index (χ4v) is 2.33. The molecule has 0 aliphatic rings. The normalized spacial score (nSPS) is 14.4. The fraction of sp³-hybridized carbons (Fsp3) is 0.222. The van der Waals surface area contributed by atoms with E-state index in [-0.39, 0.29) is 6.61 Å². The third-order valence-corrected chi connectivity index (χ3v) is 3.66. The highest BCUT2D eigenvalue weighted by Gasteiger charge is 2.39. The van der Waals surface area contributed by atoms with Gasteiger partial charge in [-0.3, -0.25) is 4.79 Å². The molecule has 0 aliphatic heterocycles. The predicted molar refractivity (Wildman–Crippen MR) is 86.7 cm³/mol. The number of hydrogen-bond acceptors (Lipinski definition) is 5. The Balaban J connectivity index is 2.16. The van der Waals surface area contributed by atoms with Crippen molar-refractivity contribution in [3.05, 3.63) is 71.8 Å². The highest BCUT2D eigenvalue weighted by Crippen LogP contribution is 2.24. The number of aliphatic carboxylic acids is 1. The van der Waals surface area contributed by atoms with Gasteiger partial charge in [0.15, 0.2) is 6.10 Å². The summed E-state index contributed by atoms with van der Waals surface area (Å²) in [5.74, 6) is -3.79. The lowest BCUT2D eigenvalue weighted by Crippen LogP contribution is -2.42. The molecular weight excluding hydrogens is 310 g/mol. The molecule has 0 aromatic heterocycles. The van der Waals surface area contributed by atoms with Gasteiger partial charge in [0.25, 0.3) is 0 Å². The molecule has 2 aromatic rings. The molecule has 126 valence electrons. The lowest BCUT2D eigenvalue weighted by atomic mass is 9.89. The summed E-state index contributed by atoms with van der Waals surface area (Å²) >= 11 is 0. The summed E-state index contributed by atoms with van der Waals surface area (Å²) in [7, 11) is 0. The molecule has 0 fully saturated rings. The van der Waals surface area contributed by atoms with Gasteiger partial charge in [-0.15, -0.1) is 0 Å². The van der Waals surface area contributed by atoms with Crippen molar-refractivity contribution in [2.24, 2.45) is 11.7 Å². The number of carboxylic acids is 1. The monoisotopic (exact) mass is 329 g/mol. The molecule has 3 atom stereocenters. The Morgan fingerprint density at radius 1 is 1.00 bits per heavy atom. The number of esters is 1. The Morgan fingerprint density at radius 2 is 1.54 bits per heavy atom. The van der Waals surface area contributed by atoms with Gasteiger partial charge in [0.2, 0.25) is 0 Å². The molecular formula is C18H19NO5. The quantitative estimate of drug-likeness (QED) is 0.664. The van der Waals surface area contributed by atoms with Crippen LogP contribution in [0.3, 0.4) is 0 Å². The molecule has 0 saturated heterocycles. The van der Waals surface area contributed by atoms with Crippen LogP contribution in [0.15, 0.2) is 60.7 Å². The van der Waals surface area contributed by atoms with Crippen LogP contribution >= 0.6 is 0 Å². The molecule has 2 aromatic carbocycles. The topological polar surface area (TPSA) is 110 Å². The highest BCUT2D eigenvalue weighted by molar-refractivity contribution is 5.83. The zero-order chi connectivity index (χ0) is 17.5. The molecule has 0 amide bonds. The highest BCUT2D eigenvalue weighted by atomic mass is 16.5. The van der Waals surface area contributed by atoms with Crippen molar-refractivity contribution in [2.45, 2.75) is 18.8 Å². The van der Waals surface area contributed by atoms with Crippen LogP contribution in [0.1, 0.15) is 17.2 Å². The first-order valence-electron chi connectivity index (χ1n) is 7.42. The largest absolute Gasteiger partial charge is 0.479 e. The van der Waals surface area contributed by atoms with Gasteiger partial charge in [0, 0.05) is 6.04 Å². The number of rotatable bonds is 7. The maximum absolute atomic E-state index is 12.4. The van der Waals surface area contributed by atoms with Gasteiger partial charge < -0.3 is 20.7 Å². The first kappa shape index (κ1) is 17.7. The third-order valence-electron chi connectivity index (χ3n) is 3.66. The van der Waals surface area contributed by atoms with Gasteiger partial charge in [-0.1, -0.05) is 60.7 Å². The van der Waals surface area contributed by atoms with Crippen molar-refractivity contribution >= 4 is 11.9 Å². The summed E-state index contributed by atoms with van der Waals surface area (Å²) < 4.78 is 5.16. The van der Waals surface area contributed by atoms with Gasteiger partial charge in [-0.25, -0.2) is 4.79 Å². The number of aliphatic hydroxyl groups excluding tert-OH is 1. The lowest BCUT2D eigenvalue weighted by molar-refractivity contribution is -0.165. The Hall–Kier alpha value is -2.70. The average Bonchev–Trinajstić information content (AvgIpc) is 2.61. The van der Waals surface area contributed by atoms with E-state index in [1.807, 2.05) is 6.07 Å². The molecule has 24 heavy (non-hydrogen) atoms. The van der Waals surface area contributed by atoms with E-state index in [0.29, 0.717) is 5.56 Å². The minimum absolute atomic E-state index is 0.0238. The van der Waals surface area contributed by atoms with Crippen molar-refractivity contribution in [2.75, 3.05) is 0 Å². The Morgan fingerprint density at radius 3 is 2.08 bits per heavy atom. The van der Waals surface area contributed by atoms with Crippen molar-refractivity contribution in [3.8, 4) is 0 Å². The minimum Gasteiger partial charge on any atom is -0.479 e. The number of carbonyl (C=O) groups excluding carboxylic acids is 1. The Kier molecular flexibility index (Phi) is 6.06. The zero-order valence-electron chi connectivity index (χ0n) is 12.9. The lowest BCUT2D eigenvalue weighted by Gasteiger charge is -2.25. The molecule has 4 N–H and O–H groups in total. The van der Waals surface area contributed by atoms with E-state index < -0.39 is 30.0 Å². The molecule has 6 nitrogen and oxygen atoms in total. The van der Waals surface area contributed by atoms with Crippen molar-refractivity contribution < 1.29 is 24.5 Å². The zero-order valence-corrected chi connectivity index (χ0v) is 12.9. The summed E-state index contributed by atoms with van der Waals surface area (Å²) in [6.07, 6.45) is -1.96.